The van der Waals surface area contributed by atoms with E-state index in [1.807, 2.05) is 0 Å². The Morgan fingerprint density at radius 1 is 0.889 bits per heavy atom. The fraction of sp³-hybridized carbons (Fsp3) is 0.625. The predicted octanol–water partition coefficient (Wildman–Crippen LogP) is 5.61. The van der Waals surface area contributed by atoms with Crippen LogP contribution in [0.3, 0.4) is 0 Å². The number of benzene rings is 1. The summed E-state index contributed by atoms with van der Waals surface area (Å²) in [6.07, 6.45) is -11.7. The molecule has 0 radical (unpaired) electrons. The molecular formula is C16H17F9O2. The van der Waals surface area contributed by atoms with Crippen LogP contribution >= 0.6 is 0 Å². The van der Waals surface area contributed by atoms with Gasteiger partial charge in [0.15, 0.2) is 0 Å². The van der Waals surface area contributed by atoms with E-state index in [9.17, 15) is 44.6 Å². The molecule has 1 rings (SSSR count). The van der Waals surface area contributed by atoms with Gasteiger partial charge in [-0.1, -0.05) is 32.0 Å². The smallest absolute Gasteiger partial charge is 0.460 e. The lowest BCUT2D eigenvalue weighted by Gasteiger charge is -2.34. The average molecular weight is 412 g/mol. The molecule has 0 bridgehead atoms. The summed E-state index contributed by atoms with van der Waals surface area (Å²) in [5.74, 6) is -19.8. The Morgan fingerprint density at radius 3 is 1.89 bits per heavy atom. The summed E-state index contributed by atoms with van der Waals surface area (Å²) in [6.45, 7) is 3.52. The molecule has 0 saturated heterocycles. The molecule has 1 aromatic carbocycles. The van der Waals surface area contributed by atoms with Crippen LogP contribution in [0, 0.1) is 5.92 Å². The molecule has 0 aliphatic carbocycles. The first-order valence-electron chi connectivity index (χ1n) is 7.64. The molecule has 2 nitrogen and oxygen atoms in total. The lowest BCUT2D eigenvalue weighted by Crippen LogP contribution is -2.61. The fourth-order valence-corrected chi connectivity index (χ4v) is 2.03. The zero-order chi connectivity index (χ0) is 21.3. The Morgan fingerprint density at radius 2 is 1.41 bits per heavy atom. The van der Waals surface area contributed by atoms with Crippen LogP contribution in [0.15, 0.2) is 24.3 Å². The van der Waals surface area contributed by atoms with Crippen LogP contribution in [0.2, 0.25) is 0 Å². The van der Waals surface area contributed by atoms with Gasteiger partial charge in [0.2, 0.25) is 0 Å². The number of hydrogen-bond acceptors (Lipinski definition) is 2. The summed E-state index contributed by atoms with van der Waals surface area (Å²) < 4.78 is 121. The molecule has 1 unspecified atom stereocenters. The van der Waals surface area contributed by atoms with Crippen LogP contribution in [0.1, 0.15) is 31.9 Å². The number of aliphatic hydroxyl groups excluding tert-OH is 1. The topological polar surface area (TPSA) is 29.5 Å². The van der Waals surface area contributed by atoms with Gasteiger partial charge >= 0.3 is 23.9 Å². The Bertz CT molecular complexity index is 627. The van der Waals surface area contributed by atoms with Gasteiger partial charge in [0.1, 0.15) is 5.75 Å². The quantitative estimate of drug-likeness (QED) is 0.563. The van der Waals surface area contributed by atoms with E-state index in [0.29, 0.717) is 0 Å². The Hall–Kier alpha value is -1.65. The van der Waals surface area contributed by atoms with E-state index in [2.05, 4.69) is 0 Å². The summed E-state index contributed by atoms with van der Waals surface area (Å²) in [4.78, 5) is 0. The molecule has 0 fully saturated rings. The third kappa shape index (κ3) is 4.80. The first kappa shape index (κ1) is 23.4. The number of aliphatic hydroxyl groups is 1. The molecule has 0 aromatic heterocycles. The van der Waals surface area contributed by atoms with Crippen LogP contribution in [0.5, 0.6) is 5.75 Å². The van der Waals surface area contributed by atoms with Crippen LogP contribution in [0.25, 0.3) is 0 Å². The minimum Gasteiger partial charge on any atom is -0.493 e. The number of halogens is 9. The predicted molar refractivity (Wildman–Crippen MR) is 77.2 cm³/mol. The maximum absolute atomic E-state index is 13.7. The third-order valence-corrected chi connectivity index (χ3v) is 3.51. The first-order chi connectivity index (χ1) is 12.0. The number of rotatable bonds is 8. The summed E-state index contributed by atoms with van der Waals surface area (Å²) in [7, 11) is 0. The molecule has 1 atom stereocenters. The van der Waals surface area contributed by atoms with Crippen molar-refractivity contribution in [1.29, 1.82) is 0 Å². The van der Waals surface area contributed by atoms with Crippen molar-refractivity contribution in [3.8, 4) is 5.75 Å². The van der Waals surface area contributed by atoms with E-state index >= 15 is 0 Å². The number of para-hydroxylation sites is 1. The van der Waals surface area contributed by atoms with Gasteiger partial charge < -0.3 is 9.84 Å². The zero-order valence-electron chi connectivity index (χ0n) is 14.1. The third-order valence-electron chi connectivity index (χ3n) is 3.51. The van der Waals surface area contributed by atoms with Crippen LogP contribution in [0.4, 0.5) is 39.5 Å². The van der Waals surface area contributed by atoms with Crippen molar-refractivity contribution in [3.05, 3.63) is 29.8 Å². The van der Waals surface area contributed by atoms with Crippen LogP contribution in [-0.4, -0.2) is 35.7 Å². The maximum atomic E-state index is 13.7. The van der Waals surface area contributed by atoms with Crippen molar-refractivity contribution in [2.45, 2.75) is 50.3 Å². The van der Waals surface area contributed by atoms with Gasteiger partial charge in [-0.3, -0.25) is 0 Å². The molecule has 0 saturated carbocycles. The number of hydrogen-bond donors (Lipinski definition) is 1. The minimum absolute atomic E-state index is 0.0357. The van der Waals surface area contributed by atoms with Gasteiger partial charge in [0, 0.05) is 12.0 Å². The van der Waals surface area contributed by atoms with Crippen molar-refractivity contribution in [2.24, 2.45) is 5.92 Å². The molecule has 0 amide bonds. The van der Waals surface area contributed by atoms with Gasteiger partial charge in [0.05, 0.1) is 12.7 Å². The number of ether oxygens (including phenoxy) is 1. The highest BCUT2D eigenvalue weighted by Crippen LogP contribution is 2.55. The lowest BCUT2D eigenvalue weighted by molar-refractivity contribution is -0.398. The van der Waals surface area contributed by atoms with Gasteiger partial charge in [0.25, 0.3) is 0 Å². The molecular weight excluding hydrogens is 395 g/mol. The van der Waals surface area contributed by atoms with Crippen LogP contribution in [-0.2, 0) is 0 Å². The van der Waals surface area contributed by atoms with Gasteiger partial charge in [-0.25, -0.2) is 0 Å². The lowest BCUT2D eigenvalue weighted by atomic mass is 9.95. The molecule has 0 spiro atoms. The van der Waals surface area contributed by atoms with Crippen molar-refractivity contribution < 1.29 is 49.4 Å². The highest BCUT2D eigenvalue weighted by Gasteiger charge is 2.81. The van der Waals surface area contributed by atoms with Crippen LogP contribution < -0.4 is 4.74 Å². The maximum Gasteiger partial charge on any atom is 0.460 e. The van der Waals surface area contributed by atoms with E-state index in [4.69, 9.17) is 4.74 Å². The zero-order valence-corrected chi connectivity index (χ0v) is 14.1. The first-order valence-corrected chi connectivity index (χ1v) is 7.64. The minimum atomic E-state index is -6.99. The van der Waals surface area contributed by atoms with E-state index in [-0.39, 0.29) is 18.3 Å². The second-order valence-electron chi connectivity index (χ2n) is 6.31. The van der Waals surface area contributed by atoms with Gasteiger partial charge in [-0.2, -0.15) is 39.5 Å². The van der Waals surface area contributed by atoms with E-state index in [1.165, 1.54) is 18.2 Å². The molecule has 0 aliphatic heterocycles. The largest absolute Gasteiger partial charge is 0.493 e. The summed E-state index contributed by atoms with van der Waals surface area (Å²) in [5.41, 5.74) is -0.441. The summed E-state index contributed by atoms with van der Waals surface area (Å²) >= 11 is 0. The standard InChI is InChI=1S/C16H17F9O2/c1-9(2)8-27-12-6-4-3-5-10(12)11(26)7-13(17,18)14(19,20)15(21,22)16(23,24)25/h3-6,9,11,26H,7-8H2,1-2H3. The van der Waals surface area contributed by atoms with Crippen molar-refractivity contribution >= 4 is 0 Å². The normalized spacial score (nSPS) is 15.1. The highest BCUT2D eigenvalue weighted by atomic mass is 19.4. The molecule has 1 N–H and O–H groups in total. The molecule has 0 aliphatic rings. The van der Waals surface area contributed by atoms with E-state index in [0.717, 1.165) is 6.07 Å². The van der Waals surface area contributed by atoms with E-state index < -0.39 is 42.0 Å². The molecule has 156 valence electrons. The monoisotopic (exact) mass is 412 g/mol. The van der Waals surface area contributed by atoms with Gasteiger partial charge in [-0.15, -0.1) is 0 Å². The SMILES string of the molecule is CC(C)COc1ccccc1C(O)CC(F)(F)C(F)(F)C(F)(F)C(F)(F)F. The Labute approximate surface area is 148 Å². The second kappa shape index (κ2) is 7.76. The molecule has 1 aromatic rings. The average Bonchev–Trinajstić information content (AvgIpc) is 2.51. The number of alkyl halides is 9. The summed E-state index contributed by atoms with van der Waals surface area (Å²) in [5, 5.41) is 9.81. The van der Waals surface area contributed by atoms with Crippen molar-refractivity contribution in [3.63, 3.8) is 0 Å². The van der Waals surface area contributed by atoms with Gasteiger partial charge in [-0.05, 0) is 12.0 Å². The van der Waals surface area contributed by atoms with Crippen molar-refractivity contribution in [1.82, 2.24) is 0 Å². The Balaban J connectivity index is 3.13. The second-order valence-corrected chi connectivity index (χ2v) is 6.31. The van der Waals surface area contributed by atoms with Crippen molar-refractivity contribution in [2.75, 3.05) is 6.61 Å². The fourth-order valence-electron chi connectivity index (χ4n) is 2.03. The molecule has 0 heterocycles. The van der Waals surface area contributed by atoms with E-state index in [1.54, 1.807) is 13.8 Å². The summed E-state index contributed by atoms with van der Waals surface area (Å²) in [6, 6.07) is 4.82. The molecule has 11 heteroatoms. The molecule has 27 heavy (non-hydrogen) atoms. The Kier molecular flexibility index (Phi) is 6.73. The highest BCUT2D eigenvalue weighted by molar-refractivity contribution is 5.35.